The molecule has 6 nitrogen and oxygen atoms in total. The van der Waals surface area contributed by atoms with Crippen molar-refractivity contribution in [1.82, 2.24) is 20.4 Å². The number of hydrogen-bond acceptors (Lipinski definition) is 4. The Morgan fingerprint density at radius 2 is 2.10 bits per heavy atom. The van der Waals surface area contributed by atoms with E-state index >= 15 is 0 Å². The first-order valence-corrected chi connectivity index (χ1v) is 11.0. The maximum absolute atomic E-state index is 12.6. The van der Waals surface area contributed by atoms with E-state index in [2.05, 4.69) is 33.7 Å². The summed E-state index contributed by atoms with van der Waals surface area (Å²) in [6, 6.07) is 16.0. The first-order chi connectivity index (χ1) is 14.7. The number of H-pyrrole nitrogens is 1. The lowest BCUT2D eigenvalue weighted by molar-refractivity contribution is -0.127. The van der Waals surface area contributed by atoms with Crippen LogP contribution < -0.4 is 5.32 Å². The van der Waals surface area contributed by atoms with Gasteiger partial charge in [0.25, 0.3) is 5.91 Å². The number of benzene rings is 2. The molecular weight excluding hydrogens is 396 g/mol. The van der Waals surface area contributed by atoms with Gasteiger partial charge in [-0.15, -0.1) is 11.3 Å². The Morgan fingerprint density at radius 3 is 2.93 bits per heavy atom. The molecule has 0 atom stereocenters. The molecule has 0 radical (unpaired) electrons. The van der Waals surface area contributed by atoms with E-state index in [1.54, 1.807) is 11.3 Å². The summed E-state index contributed by atoms with van der Waals surface area (Å²) in [7, 11) is 0. The standard InChI is InChI=1S/C23H22N4O2S/c28-21-7-3-11-27(21)12-4-10-24-23(29)16-8-9-18-17(13-16)22(26-25-18)20-14-15-5-1-2-6-19(15)30-20/h1-2,5-6,8-9,13-14H,3-4,7,10-12H2,(H,24,29)(H,25,26). The molecule has 2 amide bonds. The molecule has 0 saturated carbocycles. The van der Waals surface area contributed by atoms with Gasteiger partial charge >= 0.3 is 0 Å². The van der Waals surface area contributed by atoms with Crippen LogP contribution in [-0.2, 0) is 4.79 Å². The van der Waals surface area contributed by atoms with Gasteiger partial charge in [0, 0.05) is 41.7 Å². The average Bonchev–Trinajstić information content (AvgIpc) is 3.48. The van der Waals surface area contributed by atoms with Gasteiger partial charge in [0.15, 0.2) is 0 Å². The van der Waals surface area contributed by atoms with Crippen LogP contribution in [0, 0.1) is 0 Å². The molecule has 1 saturated heterocycles. The molecule has 0 aliphatic carbocycles. The van der Waals surface area contributed by atoms with E-state index in [0.29, 0.717) is 25.1 Å². The number of likely N-dealkylation sites (tertiary alicyclic amines) is 1. The lowest BCUT2D eigenvalue weighted by Crippen LogP contribution is -2.30. The minimum absolute atomic E-state index is 0.104. The number of nitrogens with zero attached hydrogens (tertiary/aromatic N) is 2. The summed E-state index contributed by atoms with van der Waals surface area (Å²) in [5.74, 6) is 0.119. The number of nitrogens with one attached hydrogen (secondary N) is 2. The Hall–Kier alpha value is -3.19. The number of carbonyl (C=O) groups excluding carboxylic acids is 2. The smallest absolute Gasteiger partial charge is 0.251 e. The predicted octanol–water partition coefficient (Wildman–Crippen LogP) is 4.19. The second-order valence-corrected chi connectivity index (χ2v) is 8.66. The minimum Gasteiger partial charge on any atom is -0.352 e. The summed E-state index contributed by atoms with van der Waals surface area (Å²) < 4.78 is 1.22. The van der Waals surface area contributed by atoms with Crippen LogP contribution in [0.5, 0.6) is 0 Å². The number of fused-ring (bicyclic) bond motifs is 2. The van der Waals surface area contributed by atoms with Crippen molar-refractivity contribution in [2.24, 2.45) is 0 Å². The second-order valence-electron chi connectivity index (χ2n) is 7.57. The highest BCUT2D eigenvalue weighted by Crippen LogP contribution is 2.36. The van der Waals surface area contributed by atoms with Crippen molar-refractivity contribution in [3.8, 4) is 10.6 Å². The number of thiophene rings is 1. The highest BCUT2D eigenvalue weighted by Gasteiger charge is 2.19. The molecule has 0 bridgehead atoms. The lowest BCUT2D eigenvalue weighted by Gasteiger charge is -2.15. The van der Waals surface area contributed by atoms with Crippen LogP contribution in [0.1, 0.15) is 29.6 Å². The fraction of sp³-hybridized carbons (Fsp3) is 0.261. The van der Waals surface area contributed by atoms with E-state index in [0.717, 1.165) is 40.9 Å². The lowest BCUT2D eigenvalue weighted by atomic mass is 10.1. The maximum Gasteiger partial charge on any atom is 0.251 e. The van der Waals surface area contributed by atoms with Crippen LogP contribution in [0.15, 0.2) is 48.5 Å². The van der Waals surface area contributed by atoms with Gasteiger partial charge in [-0.3, -0.25) is 14.7 Å². The van der Waals surface area contributed by atoms with Gasteiger partial charge in [-0.2, -0.15) is 5.10 Å². The maximum atomic E-state index is 12.6. The third-order valence-corrected chi connectivity index (χ3v) is 6.67. The summed E-state index contributed by atoms with van der Waals surface area (Å²) in [4.78, 5) is 27.3. The molecule has 2 aromatic heterocycles. The van der Waals surface area contributed by atoms with Gasteiger partial charge in [0.2, 0.25) is 5.91 Å². The van der Waals surface area contributed by atoms with Crippen molar-refractivity contribution in [2.75, 3.05) is 19.6 Å². The first kappa shape index (κ1) is 18.8. The fourth-order valence-corrected chi connectivity index (χ4v) is 5.02. The van der Waals surface area contributed by atoms with Crippen molar-refractivity contribution in [3.05, 3.63) is 54.1 Å². The number of rotatable bonds is 6. The van der Waals surface area contributed by atoms with Crippen molar-refractivity contribution >= 4 is 44.1 Å². The highest BCUT2D eigenvalue weighted by atomic mass is 32.1. The van der Waals surface area contributed by atoms with E-state index in [1.165, 1.54) is 10.1 Å². The van der Waals surface area contributed by atoms with Gasteiger partial charge in [-0.05, 0) is 48.6 Å². The van der Waals surface area contributed by atoms with E-state index in [-0.39, 0.29) is 11.8 Å². The molecule has 1 aliphatic heterocycles. The fourth-order valence-electron chi connectivity index (χ4n) is 3.96. The molecular formula is C23H22N4O2S. The van der Waals surface area contributed by atoms with Gasteiger partial charge < -0.3 is 10.2 Å². The summed E-state index contributed by atoms with van der Waals surface area (Å²) in [5.41, 5.74) is 2.39. The average molecular weight is 419 g/mol. The van der Waals surface area contributed by atoms with Gasteiger partial charge in [-0.25, -0.2) is 0 Å². The molecule has 7 heteroatoms. The van der Waals surface area contributed by atoms with Crippen molar-refractivity contribution in [1.29, 1.82) is 0 Å². The van der Waals surface area contributed by atoms with Crippen LogP contribution in [0.25, 0.3) is 31.6 Å². The zero-order chi connectivity index (χ0) is 20.5. The van der Waals surface area contributed by atoms with Crippen molar-refractivity contribution in [2.45, 2.75) is 19.3 Å². The van der Waals surface area contributed by atoms with Crippen LogP contribution in [0.3, 0.4) is 0 Å². The molecule has 0 spiro atoms. The Bertz CT molecular complexity index is 1210. The zero-order valence-electron chi connectivity index (χ0n) is 16.5. The Morgan fingerprint density at radius 1 is 1.20 bits per heavy atom. The monoisotopic (exact) mass is 418 g/mol. The Balaban J connectivity index is 1.31. The molecule has 30 heavy (non-hydrogen) atoms. The van der Waals surface area contributed by atoms with Crippen LogP contribution in [0.4, 0.5) is 0 Å². The molecule has 3 heterocycles. The number of hydrogen-bond donors (Lipinski definition) is 2. The normalized spacial score (nSPS) is 14.1. The summed E-state index contributed by atoms with van der Waals surface area (Å²) in [5, 5.41) is 12.7. The minimum atomic E-state index is -0.104. The molecule has 1 aliphatic rings. The number of aromatic amines is 1. The van der Waals surface area contributed by atoms with Crippen LogP contribution in [0.2, 0.25) is 0 Å². The van der Waals surface area contributed by atoms with E-state index in [1.807, 2.05) is 35.2 Å². The molecule has 0 unspecified atom stereocenters. The molecule has 1 fully saturated rings. The first-order valence-electron chi connectivity index (χ1n) is 10.2. The van der Waals surface area contributed by atoms with Crippen molar-refractivity contribution in [3.63, 3.8) is 0 Å². The van der Waals surface area contributed by atoms with Gasteiger partial charge in [0.05, 0.1) is 10.4 Å². The number of carbonyl (C=O) groups is 2. The van der Waals surface area contributed by atoms with Crippen LogP contribution in [-0.4, -0.2) is 46.5 Å². The molecule has 5 rings (SSSR count). The highest BCUT2D eigenvalue weighted by molar-refractivity contribution is 7.22. The topological polar surface area (TPSA) is 78.1 Å². The summed E-state index contributed by atoms with van der Waals surface area (Å²) in [6.45, 7) is 2.09. The molecule has 4 aromatic rings. The number of amides is 2. The van der Waals surface area contributed by atoms with E-state index in [9.17, 15) is 9.59 Å². The quantitative estimate of drug-likeness (QED) is 0.461. The SMILES string of the molecule is O=C(NCCCN1CCCC1=O)c1ccc2[nH]nc(-c3cc4ccccc4s3)c2c1. The summed E-state index contributed by atoms with van der Waals surface area (Å²) >= 11 is 1.70. The van der Waals surface area contributed by atoms with Crippen LogP contribution >= 0.6 is 11.3 Å². The van der Waals surface area contributed by atoms with Gasteiger partial charge in [0.1, 0.15) is 5.69 Å². The third-order valence-electron chi connectivity index (χ3n) is 5.55. The number of aromatic nitrogens is 2. The third kappa shape index (κ3) is 3.57. The Kier molecular flexibility index (Phi) is 4.96. The van der Waals surface area contributed by atoms with Crippen molar-refractivity contribution < 1.29 is 9.59 Å². The second kappa shape index (κ2) is 7.91. The van der Waals surface area contributed by atoms with E-state index < -0.39 is 0 Å². The molecule has 2 aromatic carbocycles. The Labute approximate surface area is 177 Å². The summed E-state index contributed by atoms with van der Waals surface area (Å²) in [6.07, 6.45) is 2.36. The van der Waals surface area contributed by atoms with Gasteiger partial charge in [-0.1, -0.05) is 18.2 Å². The predicted molar refractivity (Wildman–Crippen MR) is 120 cm³/mol. The largest absolute Gasteiger partial charge is 0.352 e. The van der Waals surface area contributed by atoms with E-state index in [4.69, 9.17) is 0 Å². The molecule has 152 valence electrons. The zero-order valence-corrected chi connectivity index (χ0v) is 17.3. The molecule has 2 N–H and O–H groups in total.